The number of rotatable bonds is 4. The van der Waals surface area contributed by atoms with E-state index in [4.69, 9.17) is 11.5 Å². The molecule has 6 heteroatoms. The highest BCUT2D eigenvalue weighted by molar-refractivity contribution is 7.11. The van der Waals surface area contributed by atoms with Crippen molar-refractivity contribution in [3.05, 3.63) is 5.56 Å². The Morgan fingerprint density at radius 3 is 2.79 bits per heavy atom. The van der Waals surface area contributed by atoms with Crippen molar-refractivity contribution in [2.75, 3.05) is 24.2 Å². The van der Waals surface area contributed by atoms with Gasteiger partial charge in [0.15, 0.2) is 5.82 Å². The monoisotopic (exact) mass is 214 g/mol. The highest BCUT2D eigenvalue weighted by Crippen LogP contribution is 2.29. The molecule has 0 aliphatic rings. The fraction of sp³-hybridized carbons (Fsp3) is 0.500. The first-order valence-corrected chi connectivity index (χ1v) is 5.11. The maximum Gasteiger partial charge on any atom is 0.255 e. The lowest BCUT2D eigenvalue weighted by molar-refractivity contribution is 0.100. The minimum Gasteiger partial charge on any atom is -0.382 e. The van der Waals surface area contributed by atoms with Crippen molar-refractivity contribution in [3.8, 4) is 0 Å². The molecule has 0 saturated carbocycles. The molecule has 1 heterocycles. The highest BCUT2D eigenvalue weighted by Gasteiger charge is 2.18. The summed E-state index contributed by atoms with van der Waals surface area (Å²) in [5.41, 5.74) is 11.1. The van der Waals surface area contributed by atoms with Crippen molar-refractivity contribution in [1.82, 2.24) is 4.37 Å². The topological polar surface area (TPSA) is 85.2 Å². The Labute approximate surface area is 86.9 Å². The van der Waals surface area contributed by atoms with Crippen molar-refractivity contribution >= 4 is 28.3 Å². The standard InChI is InChI=1S/C8H14N4OS/c1-3-4-12(2)8-5(7(10)13)6(9)11-14-8/h3-4H2,1-2H3,(H2,9,11)(H2,10,13). The van der Waals surface area contributed by atoms with Crippen LogP contribution in [-0.4, -0.2) is 23.9 Å². The zero-order chi connectivity index (χ0) is 10.7. The third kappa shape index (κ3) is 1.95. The van der Waals surface area contributed by atoms with Crippen molar-refractivity contribution in [2.24, 2.45) is 5.73 Å². The van der Waals surface area contributed by atoms with E-state index in [9.17, 15) is 4.79 Å². The summed E-state index contributed by atoms with van der Waals surface area (Å²) in [6.45, 7) is 2.91. The lowest BCUT2D eigenvalue weighted by atomic mass is 10.3. The summed E-state index contributed by atoms with van der Waals surface area (Å²) in [5.74, 6) is -0.297. The molecule has 0 fully saturated rings. The fourth-order valence-corrected chi connectivity index (χ4v) is 2.03. The van der Waals surface area contributed by atoms with E-state index in [2.05, 4.69) is 11.3 Å². The minimum absolute atomic E-state index is 0.223. The lowest BCUT2D eigenvalue weighted by Gasteiger charge is -2.16. The molecule has 0 radical (unpaired) electrons. The van der Waals surface area contributed by atoms with E-state index in [1.54, 1.807) is 0 Å². The van der Waals surface area contributed by atoms with Gasteiger partial charge in [0.05, 0.1) is 0 Å². The van der Waals surface area contributed by atoms with Crippen molar-refractivity contribution in [3.63, 3.8) is 0 Å². The van der Waals surface area contributed by atoms with Crippen LogP contribution in [0, 0.1) is 0 Å². The van der Waals surface area contributed by atoms with Crippen LogP contribution < -0.4 is 16.4 Å². The molecule has 0 aromatic carbocycles. The van der Waals surface area contributed by atoms with E-state index in [1.165, 1.54) is 11.5 Å². The Morgan fingerprint density at radius 2 is 2.29 bits per heavy atom. The predicted octanol–water partition coefficient (Wildman–Crippen LogP) is 0.670. The minimum atomic E-state index is -0.519. The lowest BCUT2D eigenvalue weighted by Crippen LogP contribution is -2.21. The Bertz CT molecular complexity index is 336. The molecule has 0 aliphatic heterocycles. The normalized spacial score (nSPS) is 10.1. The molecular formula is C8H14N4OS. The first-order valence-electron chi connectivity index (χ1n) is 4.34. The smallest absolute Gasteiger partial charge is 0.255 e. The number of carbonyl (C=O) groups excluding carboxylic acids is 1. The maximum atomic E-state index is 11.1. The van der Waals surface area contributed by atoms with E-state index < -0.39 is 5.91 Å². The molecule has 4 N–H and O–H groups in total. The molecule has 1 aromatic rings. The number of hydrogen-bond acceptors (Lipinski definition) is 5. The van der Waals surface area contributed by atoms with Crippen LogP contribution in [0.25, 0.3) is 0 Å². The maximum absolute atomic E-state index is 11.1. The van der Waals surface area contributed by atoms with Gasteiger partial charge in [-0.15, -0.1) is 0 Å². The summed E-state index contributed by atoms with van der Waals surface area (Å²) >= 11 is 1.20. The molecule has 0 aliphatic carbocycles. The number of nitrogens with two attached hydrogens (primary N) is 2. The van der Waals surface area contributed by atoms with Gasteiger partial charge in [-0.25, -0.2) is 0 Å². The molecule has 0 saturated heterocycles. The van der Waals surface area contributed by atoms with Crippen LogP contribution in [-0.2, 0) is 0 Å². The summed E-state index contributed by atoms with van der Waals surface area (Å²) in [6, 6.07) is 0. The number of amides is 1. The Morgan fingerprint density at radius 1 is 1.64 bits per heavy atom. The number of hydrogen-bond donors (Lipinski definition) is 2. The van der Waals surface area contributed by atoms with Gasteiger partial charge in [0.2, 0.25) is 0 Å². The van der Waals surface area contributed by atoms with E-state index in [1.807, 2.05) is 11.9 Å². The molecule has 0 spiro atoms. The van der Waals surface area contributed by atoms with Crippen LogP contribution in [0.1, 0.15) is 23.7 Å². The third-order valence-electron chi connectivity index (χ3n) is 1.85. The van der Waals surface area contributed by atoms with Gasteiger partial charge in [-0.3, -0.25) is 4.79 Å². The van der Waals surface area contributed by atoms with Crippen LogP contribution in [0.2, 0.25) is 0 Å². The molecule has 0 unspecified atom stereocenters. The average molecular weight is 214 g/mol. The van der Waals surface area contributed by atoms with Gasteiger partial charge in [0, 0.05) is 13.6 Å². The number of primary amides is 1. The quantitative estimate of drug-likeness (QED) is 0.771. The number of aromatic nitrogens is 1. The zero-order valence-electron chi connectivity index (χ0n) is 8.28. The van der Waals surface area contributed by atoms with Crippen molar-refractivity contribution in [2.45, 2.75) is 13.3 Å². The first kappa shape index (κ1) is 10.8. The molecule has 14 heavy (non-hydrogen) atoms. The number of carbonyl (C=O) groups is 1. The molecule has 78 valence electrons. The van der Waals surface area contributed by atoms with Crippen LogP contribution >= 0.6 is 11.5 Å². The molecule has 1 aromatic heterocycles. The highest BCUT2D eigenvalue weighted by atomic mass is 32.1. The molecule has 0 atom stereocenters. The van der Waals surface area contributed by atoms with Gasteiger partial charge in [0.25, 0.3) is 5.91 Å². The first-order chi connectivity index (χ1) is 6.57. The number of anilines is 2. The Kier molecular flexibility index (Phi) is 3.29. The van der Waals surface area contributed by atoms with Gasteiger partial charge in [0.1, 0.15) is 10.6 Å². The van der Waals surface area contributed by atoms with Crippen LogP contribution in [0.3, 0.4) is 0 Å². The largest absolute Gasteiger partial charge is 0.382 e. The second-order valence-electron chi connectivity index (χ2n) is 3.03. The van der Waals surface area contributed by atoms with Crippen molar-refractivity contribution in [1.29, 1.82) is 0 Å². The number of nitrogens with zero attached hydrogens (tertiary/aromatic N) is 2. The Balaban J connectivity index is 3.02. The second-order valence-corrected chi connectivity index (χ2v) is 3.79. The predicted molar refractivity (Wildman–Crippen MR) is 58.6 cm³/mol. The molecular weight excluding hydrogens is 200 g/mol. The molecule has 1 amide bonds. The zero-order valence-corrected chi connectivity index (χ0v) is 9.10. The Hall–Kier alpha value is -1.30. The number of nitrogen functional groups attached to an aromatic ring is 1. The van der Waals surface area contributed by atoms with Crippen LogP contribution in [0.5, 0.6) is 0 Å². The average Bonchev–Trinajstić information content (AvgIpc) is 2.47. The van der Waals surface area contributed by atoms with Crippen LogP contribution in [0.15, 0.2) is 0 Å². The second kappa shape index (κ2) is 4.28. The molecule has 0 bridgehead atoms. The van der Waals surface area contributed by atoms with Gasteiger partial charge < -0.3 is 16.4 Å². The summed E-state index contributed by atoms with van der Waals surface area (Å²) in [4.78, 5) is 13.0. The van der Waals surface area contributed by atoms with Crippen LogP contribution in [0.4, 0.5) is 10.8 Å². The SMILES string of the molecule is CCCN(C)c1snc(N)c1C(N)=O. The summed E-state index contributed by atoms with van der Waals surface area (Å²) in [5, 5.41) is 0.747. The molecule has 1 rings (SSSR count). The summed E-state index contributed by atoms with van der Waals surface area (Å²) in [7, 11) is 1.89. The van der Waals surface area contributed by atoms with Gasteiger partial charge in [-0.05, 0) is 18.0 Å². The summed E-state index contributed by atoms with van der Waals surface area (Å²) in [6.07, 6.45) is 0.993. The summed E-state index contributed by atoms with van der Waals surface area (Å²) < 4.78 is 3.92. The van der Waals surface area contributed by atoms with Gasteiger partial charge in [-0.1, -0.05) is 6.92 Å². The van der Waals surface area contributed by atoms with Crippen molar-refractivity contribution < 1.29 is 4.79 Å². The molecule has 5 nitrogen and oxygen atoms in total. The van der Waals surface area contributed by atoms with Gasteiger partial charge >= 0.3 is 0 Å². The van der Waals surface area contributed by atoms with E-state index in [-0.39, 0.29) is 5.82 Å². The third-order valence-corrected chi connectivity index (χ3v) is 2.83. The van der Waals surface area contributed by atoms with E-state index in [0.29, 0.717) is 5.56 Å². The van der Waals surface area contributed by atoms with E-state index in [0.717, 1.165) is 18.0 Å². The van der Waals surface area contributed by atoms with E-state index >= 15 is 0 Å². The fourth-order valence-electron chi connectivity index (χ4n) is 1.22. The van der Waals surface area contributed by atoms with Gasteiger partial charge in [-0.2, -0.15) is 4.37 Å².